The molecule has 0 aliphatic rings. The maximum Gasteiger partial charge on any atom is 0.142 e. The highest BCUT2D eigenvalue weighted by Crippen LogP contribution is 2.28. The van der Waals surface area contributed by atoms with Gasteiger partial charge < -0.3 is 5.32 Å². The molecular weight excluding hydrogens is 300 g/mol. The largest absolute Gasteiger partial charge is 0.310 e. The van der Waals surface area contributed by atoms with Crippen LogP contribution in [0.2, 0.25) is 10.0 Å². The van der Waals surface area contributed by atoms with E-state index in [0.717, 1.165) is 18.7 Å². The van der Waals surface area contributed by atoms with E-state index in [-0.39, 0.29) is 11.1 Å². The van der Waals surface area contributed by atoms with Crippen LogP contribution in [0.1, 0.15) is 24.2 Å². The van der Waals surface area contributed by atoms with Gasteiger partial charge in [-0.25, -0.2) is 4.39 Å². The Morgan fingerprint density at radius 2 is 2.10 bits per heavy atom. The fourth-order valence-corrected chi connectivity index (χ4v) is 2.59. The van der Waals surface area contributed by atoms with E-state index < -0.39 is 5.82 Å². The van der Waals surface area contributed by atoms with Crippen molar-refractivity contribution in [3.63, 3.8) is 0 Å². The van der Waals surface area contributed by atoms with E-state index in [1.54, 1.807) is 6.20 Å². The molecule has 1 atom stereocenters. The Balaban J connectivity index is 1.97. The average molecular weight is 316 g/mol. The monoisotopic (exact) mass is 315 g/mol. The van der Waals surface area contributed by atoms with Gasteiger partial charge in [-0.05, 0) is 30.7 Å². The summed E-state index contributed by atoms with van der Waals surface area (Å²) >= 11 is 11.8. The van der Waals surface area contributed by atoms with Crippen molar-refractivity contribution in [1.29, 1.82) is 0 Å². The molecule has 1 aromatic carbocycles. The van der Waals surface area contributed by atoms with Crippen molar-refractivity contribution in [2.45, 2.75) is 19.4 Å². The molecule has 1 N–H and O–H groups in total. The molecule has 0 saturated carbocycles. The molecule has 2 rings (SSSR count). The first-order valence-corrected chi connectivity index (χ1v) is 7.09. The molecule has 20 heavy (non-hydrogen) atoms. The summed E-state index contributed by atoms with van der Waals surface area (Å²) in [5, 5.41) is 7.94. The lowest BCUT2D eigenvalue weighted by molar-refractivity contribution is 0.557. The molecule has 0 bridgehead atoms. The van der Waals surface area contributed by atoms with Crippen molar-refractivity contribution >= 4 is 23.2 Å². The SMILES string of the molecule is CC(NCCc1ccnn1C)c1cc(F)c(Cl)cc1Cl. The number of nitrogens with zero attached hydrogens (tertiary/aromatic N) is 2. The van der Waals surface area contributed by atoms with Gasteiger partial charge in [0.2, 0.25) is 0 Å². The second-order valence-corrected chi connectivity index (χ2v) is 5.47. The smallest absolute Gasteiger partial charge is 0.142 e. The molecule has 0 aliphatic heterocycles. The lowest BCUT2D eigenvalue weighted by Crippen LogP contribution is -2.22. The van der Waals surface area contributed by atoms with Crippen molar-refractivity contribution in [2.24, 2.45) is 7.05 Å². The first-order valence-electron chi connectivity index (χ1n) is 6.33. The van der Waals surface area contributed by atoms with Crippen LogP contribution in [-0.4, -0.2) is 16.3 Å². The van der Waals surface area contributed by atoms with Crippen LogP contribution in [0.3, 0.4) is 0 Å². The zero-order valence-electron chi connectivity index (χ0n) is 11.3. The van der Waals surface area contributed by atoms with Gasteiger partial charge in [-0.15, -0.1) is 0 Å². The third-order valence-corrected chi connectivity index (χ3v) is 3.88. The Morgan fingerprint density at radius 1 is 1.35 bits per heavy atom. The molecule has 2 aromatic rings. The number of halogens is 3. The number of nitrogens with one attached hydrogen (secondary N) is 1. The molecule has 1 aromatic heterocycles. The van der Waals surface area contributed by atoms with Crippen LogP contribution in [0.4, 0.5) is 4.39 Å². The molecular formula is C14H16Cl2FN3. The lowest BCUT2D eigenvalue weighted by Gasteiger charge is -2.16. The van der Waals surface area contributed by atoms with Crippen LogP contribution in [0.15, 0.2) is 24.4 Å². The molecule has 0 amide bonds. The maximum atomic E-state index is 13.5. The van der Waals surface area contributed by atoms with Crippen molar-refractivity contribution < 1.29 is 4.39 Å². The minimum Gasteiger partial charge on any atom is -0.310 e. The molecule has 0 radical (unpaired) electrons. The Hall–Kier alpha value is -1.10. The zero-order valence-corrected chi connectivity index (χ0v) is 12.8. The first kappa shape index (κ1) is 15.3. The second-order valence-electron chi connectivity index (χ2n) is 4.66. The summed E-state index contributed by atoms with van der Waals surface area (Å²) in [6.07, 6.45) is 2.61. The molecule has 0 saturated heterocycles. The van der Waals surface area contributed by atoms with E-state index in [2.05, 4.69) is 10.4 Å². The number of hydrogen-bond donors (Lipinski definition) is 1. The fourth-order valence-electron chi connectivity index (χ4n) is 2.04. The molecule has 1 heterocycles. The van der Waals surface area contributed by atoms with Crippen molar-refractivity contribution in [3.8, 4) is 0 Å². The van der Waals surface area contributed by atoms with Crippen molar-refractivity contribution in [2.75, 3.05) is 6.54 Å². The standard InChI is InChI=1S/C14H16Cl2FN3/c1-9(11-7-14(17)13(16)8-12(11)15)18-5-3-10-4-6-19-20(10)2/h4,6-9,18H,3,5H2,1-2H3. The third kappa shape index (κ3) is 3.51. The normalized spacial score (nSPS) is 12.7. The number of rotatable bonds is 5. The minimum atomic E-state index is -0.452. The quantitative estimate of drug-likeness (QED) is 0.851. The Kier molecular flexibility index (Phi) is 5.02. The summed E-state index contributed by atoms with van der Waals surface area (Å²) in [5.74, 6) is -0.452. The Bertz CT molecular complexity index is 598. The van der Waals surface area contributed by atoms with Crippen LogP contribution in [-0.2, 0) is 13.5 Å². The molecule has 0 fully saturated rings. The van der Waals surface area contributed by atoms with Gasteiger partial charge in [0, 0.05) is 43.0 Å². The fraction of sp³-hybridized carbons (Fsp3) is 0.357. The third-order valence-electron chi connectivity index (χ3n) is 3.26. The predicted molar refractivity (Wildman–Crippen MR) is 79.7 cm³/mol. The highest BCUT2D eigenvalue weighted by atomic mass is 35.5. The van der Waals surface area contributed by atoms with Gasteiger partial charge >= 0.3 is 0 Å². The zero-order chi connectivity index (χ0) is 14.7. The number of benzene rings is 1. The van der Waals surface area contributed by atoms with E-state index >= 15 is 0 Å². The number of hydrogen-bond acceptors (Lipinski definition) is 2. The van der Waals surface area contributed by atoms with Gasteiger partial charge in [0.25, 0.3) is 0 Å². The number of aromatic nitrogens is 2. The summed E-state index contributed by atoms with van der Waals surface area (Å²) < 4.78 is 15.3. The minimum absolute atomic E-state index is 0.0424. The number of aryl methyl sites for hydroxylation is 1. The molecule has 108 valence electrons. The van der Waals surface area contributed by atoms with Crippen molar-refractivity contribution in [1.82, 2.24) is 15.1 Å². The van der Waals surface area contributed by atoms with Crippen molar-refractivity contribution in [3.05, 3.63) is 51.5 Å². The molecule has 0 aliphatic carbocycles. The highest BCUT2D eigenvalue weighted by molar-refractivity contribution is 6.35. The second kappa shape index (κ2) is 6.57. The van der Waals surface area contributed by atoms with E-state index in [9.17, 15) is 4.39 Å². The summed E-state index contributed by atoms with van der Waals surface area (Å²) in [7, 11) is 1.91. The van der Waals surface area contributed by atoms with Crippen LogP contribution in [0, 0.1) is 5.82 Å². The first-order chi connectivity index (χ1) is 9.49. The predicted octanol–water partition coefficient (Wildman–Crippen LogP) is 3.76. The molecule has 1 unspecified atom stereocenters. The molecule has 3 nitrogen and oxygen atoms in total. The highest BCUT2D eigenvalue weighted by Gasteiger charge is 2.13. The summed E-state index contributed by atoms with van der Waals surface area (Å²) in [6.45, 7) is 2.69. The summed E-state index contributed by atoms with van der Waals surface area (Å²) in [6, 6.07) is 4.74. The van der Waals surface area contributed by atoms with Gasteiger partial charge in [0.05, 0.1) is 5.02 Å². The average Bonchev–Trinajstić information content (AvgIpc) is 2.79. The van der Waals surface area contributed by atoms with Gasteiger partial charge in [0.15, 0.2) is 0 Å². The van der Waals surface area contributed by atoms with Gasteiger partial charge in [-0.1, -0.05) is 23.2 Å². The van der Waals surface area contributed by atoms with Crippen LogP contribution in [0.5, 0.6) is 0 Å². The molecule has 0 spiro atoms. The molecule has 6 heteroatoms. The summed E-state index contributed by atoms with van der Waals surface area (Å²) in [4.78, 5) is 0. The lowest BCUT2D eigenvalue weighted by atomic mass is 10.1. The van der Waals surface area contributed by atoms with Gasteiger partial charge in [-0.2, -0.15) is 5.10 Å². The van der Waals surface area contributed by atoms with Gasteiger partial charge in [-0.3, -0.25) is 4.68 Å². The summed E-state index contributed by atoms with van der Waals surface area (Å²) in [5.41, 5.74) is 1.84. The Morgan fingerprint density at radius 3 is 2.75 bits per heavy atom. The van der Waals surface area contributed by atoms with Crippen LogP contribution < -0.4 is 5.32 Å². The maximum absolute atomic E-state index is 13.5. The van der Waals surface area contributed by atoms with Crippen LogP contribution >= 0.6 is 23.2 Å². The van der Waals surface area contributed by atoms with E-state index in [1.807, 2.05) is 24.7 Å². The van der Waals surface area contributed by atoms with Gasteiger partial charge in [0.1, 0.15) is 5.82 Å². The Labute approximate surface area is 127 Å². The van der Waals surface area contributed by atoms with Crippen LogP contribution in [0.25, 0.3) is 0 Å². The van der Waals surface area contributed by atoms with E-state index in [0.29, 0.717) is 10.6 Å². The van der Waals surface area contributed by atoms with E-state index in [1.165, 1.54) is 12.1 Å². The topological polar surface area (TPSA) is 29.9 Å². The van der Waals surface area contributed by atoms with E-state index in [4.69, 9.17) is 23.2 Å².